The van der Waals surface area contributed by atoms with E-state index in [1.165, 1.54) is 11.8 Å². The van der Waals surface area contributed by atoms with Crippen LogP contribution < -0.4 is 5.73 Å². The molecule has 2 N–H and O–H groups in total. The number of carbonyl (C=O) groups excluding carboxylic acids is 1. The van der Waals surface area contributed by atoms with Gasteiger partial charge in [0.25, 0.3) is 0 Å². The Morgan fingerprint density at radius 3 is 2.90 bits per heavy atom. The van der Waals surface area contributed by atoms with Gasteiger partial charge in [0.1, 0.15) is 6.54 Å². The number of amidine groups is 1. The molecule has 58 valence electrons. The van der Waals surface area contributed by atoms with Gasteiger partial charge < -0.3 is 10.3 Å². The van der Waals surface area contributed by atoms with Crippen molar-refractivity contribution in [1.82, 2.24) is 0 Å². The Morgan fingerprint density at radius 2 is 2.50 bits per heavy atom. The Hall–Kier alpha value is -0.280. The highest BCUT2D eigenvalue weighted by Gasteiger charge is 1.96. The van der Waals surface area contributed by atoms with Crippen LogP contribution in [0.15, 0.2) is 4.99 Å². The molecule has 0 saturated heterocycles. The van der Waals surface area contributed by atoms with Crippen molar-refractivity contribution in [3.05, 3.63) is 0 Å². The van der Waals surface area contributed by atoms with E-state index in [1.807, 2.05) is 9.47 Å². The van der Waals surface area contributed by atoms with Crippen molar-refractivity contribution in [2.75, 3.05) is 12.8 Å². The molecule has 0 aliphatic carbocycles. The number of nitrogens with two attached hydrogens (primary N) is 1. The normalized spacial score (nSPS) is 11.2. The third-order valence-electron chi connectivity index (χ3n) is 0.705. The minimum absolute atomic E-state index is 0.0177. The summed E-state index contributed by atoms with van der Waals surface area (Å²) in [5, 5.41) is 0.385. The lowest BCUT2D eigenvalue weighted by molar-refractivity contribution is -0.131. The zero-order chi connectivity index (χ0) is 7.98. The summed E-state index contributed by atoms with van der Waals surface area (Å²) >= 11 is 1.29. The van der Waals surface area contributed by atoms with Crippen LogP contribution in [0.2, 0.25) is 0 Å². The molecule has 0 spiro atoms. The van der Waals surface area contributed by atoms with Crippen LogP contribution in [0.1, 0.15) is 0 Å². The van der Waals surface area contributed by atoms with Crippen molar-refractivity contribution in [1.29, 1.82) is 0 Å². The maximum absolute atomic E-state index is 10.4. The first-order valence-corrected chi connectivity index (χ1v) is 4.13. The SMILES string of the molecule is CSC(N)=NCC(=O)OP. The summed E-state index contributed by atoms with van der Waals surface area (Å²) in [4.78, 5) is 14.1. The summed E-state index contributed by atoms with van der Waals surface area (Å²) in [6.07, 6.45) is 1.78. The maximum atomic E-state index is 10.4. The topological polar surface area (TPSA) is 64.7 Å². The number of carbonyl (C=O) groups is 1. The minimum Gasteiger partial charge on any atom is -0.450 e. The highest BCUT2D eigenvalue weighted by molar-refractivity contribution is 8.13. The van der Waals surface area contributed by atoms with Gasteiger partial charge in [-0.05, 0) is 6.26 Å². The second-order valence-electron chi connectivity index (χ2n) is 1.35. The number of rotatable bonds is 2. The smallest absolute Gasteiger partial charge is 0.329 e. The molecule has 0 bridgehead atoms. The van der Waals surface area contributed by atoms with Crippen LogP contribution in [0.4, 0.5) is 0 Å². The van der Waals surface area contributed by atoms with Crippen molar-refractivity contribution < 1.29 is 9.32 Å². The zero-order valence-electron chi connectivity index (χ0n) is 5.53. The van der Waals surface area contributed by atoms with Gasteiger partial charge in [-0.3, -0.25) is 4.99 Å². The first-order valence-electron chi connectivity index (χ1n) is 2.44. The number of hydrogen-bond donors (Lipinski definition) is 1. The molecule has 0 aromatic heterocycles. The van der Waals surface area contributed by atoms with E-state index >= 15 is 0 Å². The summed E-state index contributed by atoms with van der Waals surface area (Å²) in [5.74, 6) is -0.415. The van der Waals surface area contributed by atoms with Gasteiger partial charge in [-0.25, -0.2) is 4.79 Å². The molecule has 0 saturated carbocycles. The first kappa shape index (κ1) is 9.72. The molecule has 1 unspecified atom stereocenters. The third kappa shape index (κ3) is 4.58. The van der Waals surface area contributed by atoms with E-state index in [9.17, 15) is 4.79 Å². The lowest BCUT2D eigenvalue weighted by Crippen LogP contribution is -2.10. The summed E-state index contributed by atoms with van der Waals surface area (Å²) in [6, 6.07) is 0. The number of nitrogens with zero attached hydrogens (tertiary/aromatic N) is 1. The van der Waals surface area contributed by atoms with E-state index in [2.05, 4.69) is 9.52 Å². The molecule has 0 aromatic carbocycles. The molecule has 0 rings (SSSR count). The van der Waals surface area contributed by atoms with Gasteiger partial charge in [-0.15, -0.1) is 0 Å². The third-order valence-corrected chi connectivity index (χ3v) is 1.51. The lowest BCUT2D eigenvalue weighted by atomic mass is 10.7. The van der Waals surface area contributed by atoms with Gasteiger partial charge >= 0.3 is 5.97 Å². The number of hydrogen-bond acceptors (Lipinski definition) is 4. The van der Waals surface area contributed by atoms with Crippen LogP contribution in [0.25, 0.3) is 0 Å². The van der Waals surface area contributed by atoms with E-state index in [1.54, 1.807) is 6.26 Å². The van der Waals surface area contributed by atoms with Gasteiger partial charge in [-0.2, -0.15) is 0 Å². The maximum Gasteiger partial charge on any atom is 0.329 e. The minimum atomic E-state index is -0.415. The molecule has 1 atom stereocenters. The van der Waals surface area contributed by atoms with Crippen molar-refractivity contribution in [2.24, 2.45) is 10.7 Å². The van der Waals surface area contributed by atoms with E-state index in [0.29, 0.717) is 5.17 Å². The molecule has 0 aliphatic heterocycles. The van der Waals surface area contributed by atoms with Gasteiger partial charge in [0.2, 0.25) is 0 Å². The number of thioether (sulfide) groups is 1. The molecule has 0 fully saturated rings. The van der Waals surface area contributed by atoms with Crippen LogP contribution in [0.5, 0.6) is 0 Å². The monoisotopic (exact) mass is 180 g/mol. The molecule has 4 nitrogen and oxygen atoms in total. The van der Waals surface area contributed by atoms with Crippen LogP contribution in [0.3, 0.4) is 0 Å². The Balaban J connectivity index is 3.61. The molecule has 0 aromatic rings. The quantitative estimate of drug-likeness (QED) is 0.369. The van der Waals surface area contributed by atoms with E-state index in [0.717, 1.165) is 0 Å². The Labute approximate surface area is 65.9 Å². The molecule has 10 heavy (non-hydrogen) atoms. The fourth-order valence-corrected chi connectivity index (χ4v) is 0.512. The molecule has 0 aliphatic rings. The van der Waals surface area contributed by atoms with Crippen molar-refractivity contribution in [2.45, 2.75) is 0 Å². The summed E-state index contributed by atoms with van der Waals surface area (Å²) in [7, 11) is 1.85. The fraction of sp³-hybridized carbons (Fsp3) is 0.500. The van der Waals surface area contributed by atoms with Gasteiger partial charge in [0.15, 0.2) is 5.17 Å². The molecule has 6 heteroatoms. The van der Waals surface area contributed by atoms with Crippen molar-refractivity contribution >= 4 is 32.4 Å². The van der Waals surface area contributed by atoms with Crippen molar-refractivity contribution in [3.8, 4) is 0 Å². The second kappa shape index (κ2) is 5.50. The average molecular weight is 180 g/mol. The van der Waals surface area contributed by atoms with E-state index < -0.39 is 5.97 Å². The summed E-state index contributed by atoms with van der Waals surface area (Å²) in [5.41, 5.74) is 5.27. The van der Waals surface area contributed by atoms with Gasteiger partial charge in [-0.1, -0.05) is 11.8 Å². The predicted molar refractivity (Wildman–Crippen MR) is 45.8 cm³/mol. The Morgan fingerprint density at radius 1 is 1.90 bits per heavy atom. The second-order valence-corrected chi connectivity index (χ2v) is 2.41. The van der Waals surface area contributed by atoms with Crippen LogP contribution >= 0.6 is 21.2 Å². The standard InChI is InChI=1S/C4H9N2O2PS/c1-10-4(5)6-2-3(7)8-9/h2,9H2,1H3,(H2,5,6). The molecule has 0 amide bonds. The average Bonchev–Trinajstić information content (AvgIpc) is 1.99. The highest BCUT2D eigenvalue weighted by Crippen LogP contribution is 1.92. The van der Waals surface area contributed by atoms with Crippen LogP contribution in [0, 0.1) is 0 Å². The predicted octanol–water partition coefficient (Wildman–Crippen LogP) is -0.00260. The summed E-state index contributed by atoms with van der Waals surface area (Å²) < 4.78 is 4.25. The molecule has 0 heterocycles. The van der Waals surface area contributed by atoms with E-state index in [-0.39, 0.29) is 6.54 Å². The molecular formula is C4H9N2O2PS. The van der Waals surface area contributed by atoms with Crippen LogP contribution in [-0.4, -0.2) is 23.9 Å². The Kier molecular flexibility index (Phi) is 5.35. The van der Waals surface area contributed by atoms with Crippen LogP contribution in [-0.2, 0) is 9.32 Å². The lowest BCUT2D eigenvalue weighted by Gasteiger charge is -1.94. The van der Waals surface area contributed by atoms with Gasteiger partial charge in [0.05, 0.1) is 9.47 Å². The number of aliphatic imine (C=N–C) groups is 1. The molecule has 0 radical (unpaired) electrons. The first-order chi connectivity index (χ1) is 4.70. The zero-order valence-corrected chi connectivity index (χ0v) is 7.50. The highest BCUT2D eigenvalue weighted by atomic mass is 32.2. The fourth-order valence-electron chi connectivity index (χ4n) is 0.244. The van der Waals surface area contributed by atoms with Crippen molar-refractivity contribution in [3.63, 3.8) is 0 Å². The largest absolute Gasteiger partial charge is 0.450 e. The van der Waals surface area contributed by atoms with Gasteiger partial charge in [0, 0.05) is 0 Å². The van der Waals surface area contributed by atoms with E-state index in [4.69, 9.17) is 5.73 Å². The molecular weight excluding hydrogens is 171 g/mol. The Bertz CT molecular complexity index is 150. The summed E-state index contributed by atoms with van der Waals surface area (Å²) in [6.45, 7) is -0.0177.